The van der Waals surface area contributed by atoms with E-state index in [1.54, 1.807) is 6.08 Å². The molecule has 0 aliphatic carbocycles. The molecular weight excluding hydrogens is 887 g/mol. The predicted molar refractivity (Wildman–Crippen MR) is 315 cm³/mol. The van der Waals surface area contributed by atoms with Crippen molar-refractivity contribution in [2.24, 2.45) is 0 Å². The summed E-state index contributed by atoms with van der Waals surface area (Å²) in [7, 11) is 0. The molecule has 6 heteroatoms. The van der Waals surface area contributed by atoms with Gasteiger partial charge in [-0.05, 0) is 96.3 Å². The van der Waals surface area contributed by atoms with Gasteiger partial charge in [-0.15, -0.1) is 0 Å². The van der Waals surface area contributed by atoms with Gasteiger partial charge in [0.05, 0.1) is 25.4 Å². The highest BCUT2D eigenvalue weighted by molar-refractivity contribution is 5.76. The molecule has 2 unspecified atom stereocenters. The fourth-order valence-corrected chi connectivity index (χ4v) is 9.42. The first kappa shape index (κ1) is 69.6. The minimum absolute atomic E-state index is 0.0222. The van der Waals surface area contributed by atoms with Crippen molar-refractivity contribution >= 4 is 11.9 Å². The van der Waals surface area contributed by atoms with E-state index in [1.807, 2.05) is 6.08 Å². The van der Waals surface area contributed by atoms with E-state index in [0.717, 1.165) is 83.5 Å². The van der Waals surface area contributed by atoms with E-state index in [9.17, 15) is 19.8 Å². The van der Waals surface area contributed by atoms with Gasteiger partial charge in [0.25, 0.3) is 0 Å². The van der Waals surface area contributed by atoms with Crippen molar-refractivity contribution in [2.75, 3.05) is 13.2 Å². The first-order valence-corrected chi connectivity index (χ1v) is 31.6. The first-order chi connectivity index (χ1) is 35.5. The maximum Gasteiger partial charge on any atom is 0.305 e. The van der Waals surface area contributed by atoms with Gasteiger partial charge in [0.1, 0.15) is 0 Å². The number of amides is 1. The van der Waals surface area contributed by atoms with Crippen LogP contribution in [0.4, 0.5) is 0 Å². The molecule has 3 N–H and O–H groups in total. The van der Waals surface area contributed by atoms with Crippen LogP contribution in [0, 0.1) is 0 Å². The molecule has 420 valence electrons. The van der Waals surface area contributed by atoms with Crippen LogP contribution >= 0.6 is 0 Å². The second kappa shape index (κ2) is 61.1. The van der Waals surface area contributed by atoms with Crippen molar-refractivity contribution in [1.82, 2.24) is 5.32 Å². The number of allylic oxidation sites excluding steroid dienone is 9. The number of nitrogens with one attached hydrogen (secondary N) is 1. The van der Waals surface area contributed by atoms with Crippen LogP contribution < -0.4 is 5.32 Å². The van der Waals surface area contributed by atoms with Crippen LogP contribution in [0.1, 0.15) is 322 Å². The molecule has 0 saturated carbocycles. The molecule has 0 aromatic carbocycles. The Morgan fingerprint density at radius 2 is 0.736 bits per heavy atom. The number of carbonyl (C=O) groups is 2. The van der Waals surface area contributed by atoms with Crippen molar-refractivity contribution < 1.29 is 24.5 Å². The first-order valence-electron chi connectivity index (χ1n) is 31.6. The number of esters is 1. The van der Waals surface area contributed by atoms with Crippen molar-refractivity contribution in [1.29, 1.82) is 0 Å². The van der Waals surface area contributed by atoms with E-state index in [2.05, 4.69) is 67.8 Å². The SMILES string of the molecule is CCCCC/C=C\C/C=C\CCCCCCCCCC(=O)OCCCCC/C=C\C=C/CCCCCCCCCCCCC(=O)NC(CO)C(O)/C=C/CCCCCCCCCCCCCCCCCCC. The number of aliphatic hydroxyl groups is 2. The topological polar surface area (TPSA) is 95.9 Å². The average molecular weight is 1010 g/mol. The maximum atomic E-state index is 12.5. The lowest BCUT2D eigenvalue weighted by Crippen LogP contribution is -2.45. The number of hydrogen-bond acceptors (Lipinski definition) is 5. The Balaban J connectivity index is 3.51. The summed E-state index contributed by atoms with van der Waals surface area (Å²) in [5, 5.41) is 23.2. The molecule has 0 spiro atoms. The lowest BCUT2D eigenvalue weighted by atomic mass is 10.0. The largest absolute Gasteiger partial charge is 0.466 e. The second-order valence-corrected chi connectivity index (χ2v) is 21.4. The zero-order valence-electron chi connectivity index (χ0n) is 47.9. The van der Waals surface area contributed by atoms with Gasteiger partial charge in [-0.3, -0.25) is 9.59 Å². The average Bonchev–Trinajstić information content (AvgIpc) is 3.38. The van der Waals surface area contributed by atoms with Crippen LogP contribution in [-0.4, -0.2) is 47.4 Å². The summed E-state index contributed by atoms with van der Waals surface area (Å²) in [6.07, 6.45) is 79.7. The molecule has 0 bridgehead atoms. The zero-order chi connectivity index (χ0) is 52.2. The van der Waals surface area contributed by atoms with E-state index in [0.29, 0.717) is 19.4 Å². The summed E-state index contributed by atoms with van der Waals surface area (Å²) in [6, 6.07) is -0.638. The summed E-state index contributed by atoms with van der Waals surface area (Å²) in [5.41, 5.74) is 0. The van der Waals surface area contributed by atoms with Crippen LogP contribution in [0.25, 0.3) is 0 Å². The molecule has 6 nitrogen and oxygen atoms in total. The Bertz CT molecular complexity index is 1250. The summed E-state index contributed by atoms with van der Waals surface area (Å²) < 4.78 is 5.46. The Morgan fingerprint density at radius 3 is 1.17 bits per heavy atom. The number of carbonyl (C=O) groups excluding carboxylic acids is 2. The van der Waals surface area contributed by atoms with Gasteiger partial charge in [-0.25, -0.2) is 0 Å². The van der Waals surface area contributed by atoms with E-state index >= 15 is 0 Å². The fourth-order valence-electron chi connectivity index (χ4n) is 9.42. The summed E-state index contributed by atoms with van der Waals surface area (Å²) >= 11 is 0. The monoisotopic (exact) mass is 1010 g/mol. The van der Waals surface area contributed by atoms with Crippen LogP contribution in [0.15, 0.2) is 60.8 Å². The molecule has 0 saturated heterocycles. The normalized spacial score (nSPS) is 13.0. The van der Waals surface area contributed by atoms with Crippen molar-refractivity contribution in [3.8, 4) is 0 Å². The maximum absolute atomic E-state index is 12.5. The summed E-state index contributed by atoms with van der Waals surface area (Å²) in [6.45, 7) is 4.84. The number of unbranched alkanes of at least 4 members (excludes halogenated alkanes) is 40. The molecule has 0 aromatic heterocycles. The van der Waals surface area contributed by atoms with Crippen molar-refractivity contribution in [3.63, 3.8) is 0 Å². The molecule has 1 amide bonds. The van der Waals surface area contributed by atoms with E-state index < -0.39 is 12.1 Å². The van der Waals surface area contributed by atoms with Crippen molar-refractivity contribution in [2.45, 2.75) is 334 Å². The highest BCUT2D eigenvalue weighted by Gasteiger charge is 2.18. The van der Waals surface area contributed by atoms with Gasteiger partial charge in [0.2, 0.25) is 5.91 Å². The highest BCUT2D eigenvalue weighted by atomic mass is 16.5. The predicted octanol–water partition coefficient (Wildman–Crippen LogP) is 19.9. The molecule has 0 heterocycles. The fraction of sp³-hybridized carbons (Fsp3) is 0.818. The van der Waals surface area contributed by atoms with Gasteiger partial charge in [0.15, 0.2) is 0 Å². The molecular formula is C66H121NO5. The van der Waals surface area contributed by atoms with Crippen LogP contribution in [0.2, 0.25) is 0 Å². The third kappa shape index (κ3) is 56.8. The Morgan fingerprint density at radius 1 is 0.403 bits per heavy atom. The molecule has 0 radical (unpaired) electrons. The van der Waals surface area contributed by atoms with E-state index in [-0.39, 0.29) is 18.5 Å². The van der Waals surface area contributed by atoms with Gasteiger partial charge < -0.3 is 20.3 Å². The summed E-state index contributed by atoms with van der Waals surface area (Å²) in [5.74, 6) is -0.0992. The molecule has 0 rings (SSSR count). The Hall–Kier alpha value is -2.44. The van der Waals surface area contributed by atoms with Crippen LogP contribution in [0.3, 0.4) is 0 Å². The zero-order valence-corrected chi connectivity index (χ0v) is 47.9. The van der Waals surface area contributed by atoms with Gasteiger partial charge >= 0.3 is 5.97 Å². The Labute approximate surface area is 448 Å². The summed E-state index contributed by atoms with van der Waals surface area (Å²) in [4.78, 5) is 24.6. The smallest absolute Gasteiger partial charge is 0.305 e. The lowest BCUT2D eigenvalue weighted by Gasteiger charge is -2.20. The van der Waals surface area contributed by atoms with Gasteiger partial charge in [-0.2, -0.15) is 0 Å². The third-order valence-corrected chi connectivity index (χ3v) is 14.3. The second-order valence-electron chi connectivity index (χ2n) is 21.4. The Kier molecular flexibility index (Phi) is 59.0. The third-order valence-electron chi connectivity index (χ3n) is 14.3. The van der Waals surface area contributed by atoms with E-state index in [4.69, 9.17) is 4.74 Å². The highest BCUT2D eigenvalue weighted by Crippen LogP contribution is 2.17. The quantitative estimate of drug-likeness (QED) is 0.0244. The van der Waals surface area contributed by atoms with Crippen LogP contribution in [0.5, 0.6) is 0 Å². The van der Waals surface area contributed by atoms with Crippen LogP contribution in [-0.2, 0) is 14.3 Å². The number of hydrogen-bond donors (Lipinski definition) is 3. The van der Waals surface area contributed by atoms with E-state index in [1.165, 1.54) is 212 Å². The molecule has 72 heavy (non-hydrogen) atoms. The molecule has 0 fully saturated rings. The van der Waals surface area contributed by atoms with Gasteiger partial charge in [-0.1, -0.05) is 274 Å². The van der Waals surface area contributed by atoms with Crippen molar-refractivity contribution in [3.05, 3.63) is 60.8 Å². The molecule has 0 aliphatic heterocycles. The minimum atomic E-state index is -0.854. The molecule has 0 aliphatic rings. The molecule has 2 atom stereocenters. The van der Waals surface area contributed by atoms with Gasteiger partial charge in [0, 0.05) is 12.8 Å². The number of ether oxygens (including phenoxy) is 1. The lowest BCUT2D eigenvalue weighted by molar-refractivity contribution is -0.143. The standard InChI is InChI=1S/C66H121NO5/c1-3-5-7-9-11-13-15-17-19-21-23-27-30-34-38-42-46-50-54-58-64(69)63(62-68)67-65(70)59-55-51-47-43-39-35-31-28-24-22-25-29-33-37-41-45-49-53-57-61-72-66(71)60-56-52-48-44-40-36-32-26-20-18-16-14-12-10-8-6-4-2/h12,14,18,20,29,33,37,41,54,58,63-64,68-69H,3-11,13,15-17,19,21-28,30-32,34-36,38-40,42-53,55-57,59-62H2,1-2H3,(H,67,70)/b14-12-,20-18-,33-29-,41-37-,58-54+. The molecule has 0 aromatic rings. The number of rotatable bonds is 58. The minimum Gasteiger partial charge on any atom is -0.466 e. The number of aliphatic hydroxyl groups excluding tert-OH is 2.